The molecule has 5 aromatic carbocycles. The van der Waals surface area contributed by atoms with Crippen LogP contribution in [0.2, 0.25) is 0 Å². The molecular formula is C35H28O. The smallest absolute Gasteiger partial charge is 0.140 e. The first-order chi connectivity index (χ1) is 17.7. The minimum absolute atomic E-state index is 0.832. The van der Waals surface area contributed by atoms with Gasteiger partial charge in [-0.15, -0.1) is 0 Å². The maximum Gasteiger partial charge on any atom is 0.140 e. The quantitative estimate of drug-likeness (QED) is 0.190. The van der Waals surface area contributed by atoms with E-state index in [4.69, 9.17) is 0 Å². The van der Waals surface area contributed by atoms with Crippen molar-refractivity contribution < 1.29 is 5.11 Å². The molecule has 0 unspecified atom stereocenters. The van der Waals surface area contributed by atoms with Crippen molar-refractivity contribution in [3.63, 3.8) is 0 Å². The van der Waals surface area contributed by atoms with Gasteiger partial charge in [0.2, 0.25) is 0 Å². The standard InChI is InChI=1S/C35H28O/c36-35(32-14-8-3-9-15-32,33-24-20-30(21-25-33)18-16-28-10-4-1-5-11-28)34-26-22-31(23-27-34)19-17-29-12-6-2-7-13-29/h1-27,36H/b18-16+,19-17+. The van der Waals surface area contributed by atoms with Crippen LogP contribution in [0.15, 0.2) is 140 Å². The highest BCUT2D eigenvalue weighted by Gasteiger charge is 2.33. The van der Waals surface area contributed by atoms with Gasteiger partial charge in [-0.2, -0.15) is 0 Å². The lowest BCUT2D eigenvalue weighted by atomic mass is 9.80. The maximum atomic E-state index is 12.2. The van der Waals surface area contributed by atoms with Crippen molar-refractivity contribution in [2.45, 2.75) is 5.60 Å². The van der Waals surface area contributed by atoms with Crippen molar-refractivity contribution in [2.24, 2.45) is 0 Å². The minimum atomic E-state index is -1.26. The topological polar surface area (TPSA) is 20.2 Å². The van der Waals surface area contributed by atoms with E-state index in [0.717, 1.165) is 38.9 Å². The summed E-state index contributed by atoms with van der Waals surface area (Å²) >= 11 is 0. The number of benzene rings is 5. The summed E-state index contributed by atoms with van der Waals surface area (Å²) in [6.07, 6.45) is 8.38. The molecular weight excluding hydrogens is 436 g/mol. The third-order valence-corrected chi connectivity index (χ3v) is 6.38. The summed E-state index contributed by atoms with van der Waals surface area (Å²) in [5, 5.41) is 12.2. The van der Waals surface area contributed by atoms with Crippen molar-refractivity contribution >= 4 is 24.3 Å². The van der Waals surface area contributed by atoms with Gasteiger partial charge in [-0.1, -0.05) is 164 Å². The molecule has 1 nitrogen and oxygen atoms in total. The Morgan fingerprint density at radius 1 is 0.333 bits per heavy atom. The SMILES string of the molecule is OC(c1ccccc1)(c1ccc(/C=C/c2ccccc2)cc1)c1ccc(/C=C/c2ccccc2)cc1. The van der Waals surface area contributed by atoms with Gasteiger partial charge in [0, 0.05) is 0 Å². The number of hydrogen-bond acceptors (Lipinski definition) is 1. The van der Waals surface area contributed by atoms with E-state index >= 15 is 0 Å². The highest BCUT2D eigenvalue weighted by Crippen LogP contribution is 2.37. The Balaban J connectivity index is 1.45. The average molecular weight is 465 g/mol. The Morgan fingerprint density at radius 2 is 0.611 bits per heavy atom. The number of rotatable bonds is 7. The van der Waals surface area contributed by atoms with E-state index in [1.54, 1.807) is 0 Å². The lowest BCUT2D eigenvalue weighted by molar-refractivity contribution is 0.125. The van der Waals surface area contributed by atoms with Crippen molar-refractivity contribution in [1.29, 1.82) is 0 Å². The van der Waals surface area contributed by atoms with Crippen LogP contribution in [0.4, 0.5) is 0 Å². The fourth-order valence-electron chi connectivity index (χ4n) is 4.36. The van der Waals surface area contributed by atoms with Crippen molar-refractivity contribution in [2.75, 3.05) is 0 Å². The maximum absolute atomic E-state index is 12.2. The molecule has 0 aliphatic rings. The molecule has 1 heteroatoms. The van der Waals surface area contributed by atoms with Crippen molar-refractivity contribution in [3.05, 3.63) is 178 Å². The van der Waals surface area contributed by atoms with Crippen LogP contribution in [0.3, 0.4) is 0 Å². The second kappa shape index (κ2) is 10.9. The van der Waals surface area contributed by atoms with Gasteiger partial charge in [0.1, 0.15) is 5.60 Å². The molecule has 0 heterocycles. The Kier molecular flexibility index (Phi) is 7.02. The van der Waals surface area contributed by atoms with E-state index in [0.29, 0.717) is 0 Å². The first kappa shape index (κ1) is 23.3. The van der Waals surface area contributed by atoms with Crippen LogP contribution in [-0.2, 0) is 5.60 Å². The van der Waals surface area contributed by atoms with Crippen LogP contribution in [0, 0.1) is 0 Å². The van der Waals surface area contributed by atoms with E-state index in [9.17, 15) is 5.11 Å². The fraction of sp³-hybridized carbons (Fsp3) is 0.0286. The number of aliphatic hydroxyl groups is 1. The Labute approximate surface area is 213 Å². The molecule has 0 atom stereocenters. The summed E-state index contributed by atoms with van der Waals surface area (Å²) in [6, 6.07) is 46.6. The van der Waals surface area contributed by atoms with E-state index in [-0.39, 0.29) is 0 Å². The predicted molar refractivity (Wildman–Crippen MR) is 152 cm³/mol. The fourth-order valence-corrected chi connectivity index (χ4v) is 4.36. The molecule has 0 bridgehead atoms. The molecule has 0 saturated carbocycles. The second-order valence-corrected chi connectivity index (χ2v) is 8.81. The zero-order chi connectivity index (χ0) is 24.6. The highest BCUT2D eigenvalue weighted by molar-refractivity contribution is 5.71. The molecule has 0 radical (unpaired) electrons. The summed E-state index contributed by atoms with van der Waals surface area (Å²) in [5.74, 6) is 0. The first-order valence-electron chi connectivity index (χ1n) is 12.2. The lowest BCUT2D eigenvalue weighted by Crippen LogP contribution is -2.28. The minimum Gasteiger partial charge on any atom is -0.376 e. The van der Waals surface area contributed by atoms with Crippen LogP contribution < -0.4 is 0 Å². The number of hydrogen-bond donors (Lipinski definition) is 1. The van der Waals surface area contributed by atoms with E-state index in [2.05, 4.69) is 72.8 Å². The molecule has 5 aromatic rings. The lowest BCUT2D eigenvalue weighted by Gasteiger charge is -2.30. The van der Waals surface area contributed by atoms with Gasteiger partial charge in [-0.25, -0.2) is 0 Å². The zero-order valence-electron chi connectivity index (χ0n) is 20.0. The van der Waals surface area contributed by atoms with Gasteiger partial charge in [0.15, 0.2) is 0 Å². The average Bonchev–Trinajstić information content (AvgIpc) is 2.97. The predicted octanol–water partition coefficient (Wildman–Crippen LogP) is 8.31. The van der Waals surface area contributed by atoms with Crippen LogP contribution in [0.5, 0.6) is 0 Å². The molecule has 0 fully saturated rings. The third kappa shape index (κ3) is 5.27. The van der Waals surface area contributed by atoms with Crippen molar-refractivity contribution in [1.82, 2.24) is 0 Å². The largest absolute Gasteiger partial charge is 0.376 e. The van der Waals surface area contributed by atoms with Crippen LogP contribution >= 0.6 is 0 Å². The summed E-state index contributed by atoms with van der Waals surface area (Å²) in [7, 11) is 0. The summed E-state index contributed by atoms with van der Waals surface area (Å²) in [4.78, 5) is 0. The molecule has 0 amide bonds. The molecule has 0 aliphatic carbocycles. The summed E-state index contributed by atoms with van der Waals surface area (Å²) < 4.78 is 0. The highest BCUT2D eigenvalue weighted by atomic mass is 16.3. The zero-order valence-corrected chi connectivity index (χ0v) is 20.0. The van der Waals surface area contributed by atoms with Crippen LogP contribution in [0.25, 0.3) is 24.3 Å². The molecule has 1 N–H and O–H groups in total. The Morgan fingerprint density at radius 3 is 0.972 bits per heavy atom. The molecule has 0 aliphatic heterocycles. The summed E-state index contributed by atoms with van der Waals surface area (Å²) in [6.45, 7) is 0. The Bertz CT molecular complexity index is 1340. The normalized spacial score (nSPS) is 11.8. The van der Waals surface area contributed by atoms with Gasteiger partial charge >= 0.3 is 0 Å². The van der Waals surface area contributed by atoms with Gasteiger partial charge in [-0.05, 0) is 38.9 Å². The van der Waals surface area contributed by atoms with Gasteiger partial charge in [0.05, 0.1) is 0 Å². The second-order valence-electron chi connectivity index (χ2n) is 8.81. The molecule has 174 valence electrons. The molecule has 0 spiro atoms. The van der Waals surface area contributed by atoms with E-state index in [1.165, 1.54) is 0 Å². The molecule has 5 rings (SSSR count). The van der Waals surface area contributed by atoms with E-state index < -0.39 is 5.60 Å². The van der Waals surface area contributed by atoms with Gasteiger partial charge < -0.3 is 5.11 Å². The first-order valence-corrected chi connectivity index (χ1v) is 12.2. The van der Waals surface area contributed by atoms with Crippen LogP contribution in [-0.4, -0.2) is 5.11 Å². The molecule has 0 saturated heterocycles. The van der Waals surface area contributed by atoms with Crippen LogP contribution in [0.1, 0.15) is 38.9 Å². The van der Waals surface area contributed by atoms with Gasteiger partial charge in [-0.3, -0.25) is 0 Å². The van der Waals surface area contributed by atoms with Gasteiger partial charge in [0.25, 0.3) is 0 Å². The molecule has 36 heavy (non-hydrogen) atoms. The van der Waals surface area contributed by atoms with E-state index in [1.807, 2.05) is 91.0 Å². The molecule has 0 aromatic heterocycles. The Hall–Kier alpha value is -4.46. The third-order valence-electron chi connectivity index (χ3n) is 6.38. The summed E-state index contributed by atoms with van der Waals surface area (Å²) in [5.41, 5.74) is 5.72. The monoisotopic (exact) mass is 464 g/mol. The van der Waals surface area contributed by atoms with Crippen molar-refractivity contribution in [3.8, 4) is 0 Å².